The molecule has 110 valence electrons. The maximum atomic E-state index is 12.3. The summed E-state index contributed by atoms with van der Waals surface area (Å²) < 4.78 is 25.2. The van der Waals surface area contributed by atoms with Gasteiger partial charge in [-0.3, -0.25) is 4.79 Å². The monoisotopic (exact) mass is 296 g/mol. The molecular formula is C14H20N2O3S. The van der Waals surface area contributed by atoms with E-state index in [1.807, 2.05) is 18.2 Å². The van der Waals surface area contributed by atoms with Gasteiger partial charge in [-0.05, 0) is 25.5 Å². The van der Waals surface area contributed by atoms with E-state index in [0.29, 0.717) is 38.2 Å². The largest absolute Gasteiger partial charge is 0.337 e. The van der Waals surface area contributed by atoms with E-state index in [1.54, 1.807) is 24.0 Å². The Morgan fingerprint density at radius 3 is 2.45 bits per heavy atom. The lowest BCUT2D eigenvalue weighted by Crippen LogP contribution is -2.37. The Balaban J connectivity index is 2.05. The van der Waals surface area contributed by atoms with Crippen LogP contribution in [0.1, 0.15) is 23.7 Å². The molecule has 6 heteroatoms. The summed E-state index contributed by atoms with van der Waals surface area (Å²) in [6, 6.07) is 9.11. The van der Waals surface area contributed by atoms with Crippen molar-refractivity contribution in [3.63, 3.8) is 0 Å². The minimum atomic E-state index is -3.16. The molecule has 1 aliphatic rings. The van der Waals surface area contributed by atoms with E-state index in [2.05, 4.69) is 0 Å². The van der Waals surface area contributed by atoms with Gasteiger partial charge in [-0.2, -0.15) is 0 Å². The summed E-state index contributed by atoms with van der Waals surface area (Å²) in [5, 5.41) is 0. The van der Waals surface area contributed by atoms with Crippen LogP contribution in [0.25, 0.3) is 0 Å². The highest BCUT2D eigenvalue weighted by Crippen LogP contribution is 2.11. The fourth-order valence-corrected chi connectivity index (χ4v) is 3.45. The first kappa shape index (κ1) is 15.0. The van der Waals surface area contributed by atoms with Crippen molar-refractivity contribution in [2.45, 2.75) is 13.3 Å². The quantitative estimate of drug-likeness (QED) is 0.841. The van der Waals surface area contributed by atoms with Crippen LogP contribution in [-0.2, 0) is 10.0 Å². The number of hydrogen-bond donors (Lipinski definition) is 0. The summed E-state index contributed by atoms with van der Waals surface area (Å²) in [4.78, 5) is 14.1. The molecule has 0 spiro atoms. The molecule has 0 radical (unpaired) electrons. The first-order valence-corrected chi connectivity index (χ1v) is 8.47. The van der Waals surface area contributed by atoms with Gasteiger partial charge < -0.3 is 4.90 Å². The fourth-order valence-electron chi connectivity index (χ4n) is 2.32. The predicted molar refractivity (Wildman–Crippen MR) is 78.0 cm³/mol. The molecule has 1 aromatic carbocycles. The third kappa shape index (κ3) is 3.37. The molecule has 5 nitrogen and oxygen atoms in total. The minimum absolute atomic E-state index is 0.0265. The second-order valence-corrected chi connectivity index (χ2v) is 7.07. The summed E-state index contributed by atoms with van der Waals surface area (Å²) in [6.07, 6.45) is 0.678. The second-order valence-electron chi connectivity index (χ2n) is 4.81. The van der Waals surface area contributed by atoms with E-state index in [-0.39, 0.29) is 11.7 Å². The molecule has 1 aliphatic heterocycles. The fraction of sp³-hybridized carbons (Fsp3) is 0.500. The lowest BCUT2D eigenvalue weighted by molar-refractivity contribution is 0.0764. The van der Waals surface area contributed by atoms with Crippen LogP contribution in [0.5, 0.6) is 0 Å². The molecule has 0 bridgehead atoms. The molecule has 1 fully saturated rings. The molecular weight excluding hydrogens is 276 g/mol. The Bertz CT molecular complexity index is 557. The molecule has 1 heterocycles. The van der Waals surface area contributed by atoms with Crippen LogP contribution in [0.4, 0.5) is 0 Å². The molecule has 0 aliphatic carbocycles. The van der Waals surface area contributed by atoms with Crippen molar-refractivity contribution in [2.75, 3.05) is 31.9 Å². The molecule has 0 unspecified atom stereocenters. The maximum Gasteiger partial charge on any atom is 0.253 e. The molecule has 20 heavy (non-hydrogen) atoms. The minimum Gasteiger partial charge on any atom is -0.337 e. The van der Waals surface area contributed by atoms with Crippen molar-refractivity contribution in [2.24, 2.45) is 0 Å². The van der Waals surface area contributed by atoms with Crippen molar-refractivity contribution >= 4 is 15.9 Å². The van der Waals surface area contributed by atoms with Crippen molar-refractivity contribution in [3.05, 3.63) is 35.9 Å². The summed E-state index contributed by atoms with van der Waals surface area (Å²) in [6.45, 7) is 3.58. The number of amides is 1. The first-order chi connectivity index (χ1) is 9.54. The van der Waals surface area contributed by atoms with Gasteiger partial charge in [0.2, 0.25) is 10.0 Å². The van der Waals surface area contributed by atoms with Gasteiger partial charge in [0, 0.05) is 31.7 Å². The summed E-state index contributed by atoms with van der Waals surface area (Å²) in [5.41, 5.74) is 0.652. The molecule has 0 saturated carbocycles. The smallest absolute Gasteiger partial charge is 0.253 e. The van der Waals surface area contributed by atoms with Crippen molar-refractivity contribution < 1.29 is 13.2 Å². The number of carbonyl (C=O) groups is 1. The zero-order valence-electron chi connectivity index (χ0n) is 11.7. The number of sulfonamides is 1. The highest BCUT2D eigenvalue weighted by atomic mass is 32.2. The zero-order valence-corrected chi connectivity index (χ0v) is 12.5. The van der Waals surface area contributed by atoms with Crippen LogP contribution >= 0.6 is 0 Å². The molecule has 1 aromatic rings. The van der Waals surface area contributed by atoms with Gasteiger partial charge in [-0.15, -0.1) is 0 Å². The molecule has 0 N–H and O–H groups in total. The number of rotatable bonds is 3. The van der Waals surface area contributed by atoms with Gasteiger partial charge in [0.25, 0.3) is 5.91 Å². The number of nitrogens with zero attached hydrogens (tertiary/aromatic N) is 2. The van der Waals surface area contributed by atoms with Crippen molar-refractivity contribution in [3.8, 4) is 0 Å². The Hall–Kier alpha value is -1.40. The third-order valence-corrected chi connectivity index (χ3v) is 5.40. The highest BCUT2D eigenvalue weighted by Gasteiger charge is 2.25. The van der Waals surface area contributed by atoms with Gasteiger partial charge in [-0.25, -0.2) is 12.7 Å². The lowest BCUT2D eigenvalue weighted by atomic mass is 10.2. The van der Waals surface area contributed by atoms with E-state index < -0.39 is 10.0 Å². The van der Waals surface area contributed by atoms with Gasteiger partial charge in [-0.1, -0.05) is 18.2 Å². The Labute approximate surface area is 120 Å². The highest BCUT2D eigenvalue weighted by molar-refractivity contribution is 7.89. The van der Waals surface area contributed by atoms with Gasteiger partial charge in [0.15, 0.2) is 0 Å². The predicted octanol–water partition coefficient (Wildman–Crippen LogP) is 1.18. The van der Waals surface area contributed by atoms with Gasteiger partial charge >= 0.3 is 0 Å². The number of benzene rings is 1. The van der Waals surface area contributed by atoms with Crippen LogP contribution in [0.15, 0.2) is 30.3 Å². The van der Waals surface area contributed by atoms with E-state index in [9.17, 15) is 13.2 Å². The topological polar surface area (TPSA) is 57.7 Å². The number of carbonyl (C=O) groups excluding carboxylic acids is 1. The lowest BCUT2D eigenvalue weighted by Gasteiger charge is -2.21. The van der Waals surface area contributed by atoms with Crippen molar-refractivity contribution in [1.29, 1.82) is 0 Å². The average molecular weight is 296 g/mol. The zero-order chi connectivity index (χ0) is 14.6. The normalized spacial score (nSPS) is 17.8. The van der Waals surface area contributed by atoms with E-state index in [0.717, 1.165) is 0 Å². The van der Waals surface area contributed by atoms with Crippen molar-refractivity contribution in [1.82, 2.24) is 9.21 Å². The van der Waals surface area contributed by atoms with E-state index in [1.165, 1.54) is 4.31 Å². The Kier molecular flexibility index (Phi) is 4.77. The SMILES string of the molecule is CCS(=O)(=O)N1CCCN(C(=O)c2ccccc2)CC1. The standard InChI is InChI=1S/C14H20N2O3S/c1-2-20(18,19)16-10-6-9-15(11-12-16)14(17)13-7-4-3-5-8-13/h3-5,7-8H,2,6,9-12H2,1H3. The molecule has 0 aromatic heterocycles. The second kappa shape index (κ2) is 6.37. The molecule has 1 amide bonds. The summed E-state index contributed by atoms with van der Waals surface area (Å²) in [7, 11) is -3.16. The molecule has 2 rings (SSSR count). The molecule has 0 atom stereocenters. The van der Waals surface area contributed by atoms with Crippen LogP contribution in [0.3, 0.4) is 0 Å². The Morgan fingerprint density at radius 2 is 1.80 bits per heavy atom. The van der Waals surface area contributed by atoms with Gasteiger partial charge in [0.05, 0.1) is 5.75 Å². The number of hydrogen-bond acceptors (Lipinski definition) is 3. The van der Waals surface area contributed by atoms with Crippen LogP contribution in [0, 0.1) is 0 Å². The first-order valence-electron chi connectivity index (χ1n) is 6.87. The van der Waals surface area contributed by atoms with Gasteiger partial charge in [0.1, 0.15) is 0 Å². The van der Waals surface area contributed by atoms with Crippen LogP contribution in [0.2, 0.25) is 0 Å². The van der Waals surface area contributed by atoms with E-state index >= 15 is 0 Å². The van der Waals surface area contributed by atoms with Crippen LogP contribution < -0.4 is 0 Å². The summed E-state index contributed by atoms with van der Waals surface area (Å²) >= 11 is 0. The van der Waals surface area contributed by atoms with Crippen LogP contribution in [-0.4, -0.2) is 55.5 Å². The van der Waals surface area contributed by atoms with E-state index in [4.69, 9.17) is 0 Å². The Morgan fingerprint density at radius 1 is 1.10 bits per heavy atom. The molecule has 1 saturated heterocycles. The maximum absolute atomic E-state index is 12.3. The summed E-state index contributed by atoms with van der Waals surface area (Å²) in [5.74, 6) is 0.0842. The third-order valence-electron chi connectivity index (χ3n) is 3.52. The average Bonchev–Trinajstić information content (AvgIpc) is 2.74.